The van der Waals surface area contributed by atoms with Gasteiger partial charge < -0.3 is 10.1 Å². The Bertz CT molecular complexity index is 417. The highest BCUT2D eigenvalue weighted by molar-refractivity contribution is 7.09. The van der Waals surface area contributed by atoms with Crippen molar-refractivity contribution < 1.29 is 4.74 Å². The second-order valence-corrected chi connectivity index (χ2v) is 6.67. The summed E-state index contributed by atoms with van der Waals surface area (Å²) in [6.07, 6.45) is 2.81. The van der Waals surface area contributed by atoms with E-state index in [0.717, 1.165) is 43.0 Å². The lowest BCUT2D eigenvalue weighted by atomic mass is 10.2. The van der Waals surface area contributed by atoms with E-state index in [1.165, 1.54) is 12.8 Å². The number of ether oxygens (including phenoxy) is 1. The molecule has 3 rings (SSSR count). The number of nitrogens with zero attached hydrogens (tertiary/aromatic N) is 2. The third kappa shape index (κ3) is 3.54. The topological polar surface area (TPSA) is 37.4 Å². The zero-order valence-corrected chi connectivity index (χ0v) is 12.6. The monoisotopic (exact) mass is 281 g/mol. The fourth-order valence-electron chi connectivity index (χ4n) is 2.38. The van der Waals surface area contributed by atoms with Gasteiger partial charge in [-0.3, -0.25) is 4.90 Å². The fraction of sp³-hybridized carbons (Fsp3) is 0.786. The predicted molar refractivity (Wildman–Crippen MR) is 77.4 cm³/mol. The van der Waals surface area contributed by atoms with Crippen LogP contribution in [0.2, 0.25) is 0 Å². The highest BCUT2D eigenvalue weighted by Crippen LogP contribution is 2.26. The van der Waals surface area contributed by atoms with Crippen molar-refractivity contribution in [1.29, 1.82) is 0 Å². The fourth-order valence-corrected chi connectivity index (χ4v) is 3.23. The van der Waals surface area contributed by atoms with Gasteiger partial charge in [0.25, 0.3) is 0 Å². The molecular formula is C14H23N3OS. The highest BCUT2D eigenvalue weighted by atomic mass is 32.1. The Morgan fingerprint density at radius 1 is 1.53 bits per heavy atom. The van der Waals surface area contributed by atoms with E-state index in [-0.39, 0.29) is 6.10 Å². The molecule has 1 aromatic heterocycles. The lowest BCUT2D eigenvalue weighted by Gasteiger charge is -2.34. The molecule has 2 fully saturated rings. The number of thiazole rings is 1. The van der Waals surface area contributed by atoms with Crippen LogP contribution in [0.4, 0.5) is 0 Å². The Kier molecular flexibility index (Phi) is 4.17. The Morgan fingerprint density at radius 2 is 2.37 bits per heavy atom. The van der Waals surface area contributed by atoms with Gasteiger partial charge in [-0.25, -0.2) is 4.98 Å². The van der Waals surface area contributed by atoms with E-state index in [9.17, 15) is 0 Å². The average Bonchev–Trinajstić information content (AvgIpc) is 3.13. The molecule has 5 heteroatoms. The van der Waals surface area contributed by atoms with E-state index in [2.05, 4.69) is 29.4 Å². The summed E-state index contributed by atoms with van der Waals surface area (Å²) in [6, 6.07) is 1.33. The van der Waals surface area contributed by atoms with Gasteiger partial charge in [0.05, 0.1) is 12.3 Å². The zero-order valence-electron chi connectivity index (χ0n) is 11.8. The van der Waals surface area contributed by atoms with Crippen LogP contribution in [0.1, 0.15) is 43.5 Å². The van der Waals surface area contributed by atoms with Crippen LogP contribution in [0.25, 0.3) is 0 Å². The van der Waals surface area contributed by atoms with Crippen molar-refractivity contribution >= 4 is 11.3 Å². The van der Waals surface area contributed by atoms with Gasteiger partial charge in [-0.2, -0.15) is 0 Å². The quantitative estimate of drug-likeness (QED) is 0.897. The molecule has 1 saturated heterocycles. The van der Waals surface area contributed by atoms with E-state index in [0.29, 0.717) is 6.04 Å². The van der Waals surface area contributed by atoms with E-state index in [1.807, 2.05) is 0 Å². The maximum absolute atomic E-state index is 5.88. The third-order valence-corrected chi connectivity index (χ3v) is 4.81. The van der Waals surface area contributed by atoms with Gasteiger partial charge in [-0.05, 0) is 26.7 Å². The van der Waals surface area contributed by atoms with Crippen LogP contribution >= 0.6 is 11.3 Å². The predicted octanol–water partition coefficient (Wildman–Crippen LogP) is 2.18. The molecule has 1 aliphatic carbocycles. The SMILES string of the molecule is CC(C)N1CCOC(c2nc(CNC3CC3)cs2)C1. The van der Waals surface area contributed by atoms with Gasteiger partial charge in [0.1, 0.15) is 11.1 Å². The lowest BCUT2D eigenvalue weighted by Crippen LogP contribution is -2.42. The van der Waals surface area contributed by atoms with Gasteiger partial charge in [-0.15, -0.1) is 11.3 Å². The Labute approximate surface area is 119 Å². The Morgan fingerprint density at radius 3 is 3.11 bits per heavy atom. The molecule has 0 radical (unpaired) electrons. The van der Waals surface area contributed by atoms with Gasteiger partial charge in [0.2, 0.25) is 0 Å². The van der Waals surface area contributed by atoms with Crippen LogP contribution in [-0.4, -0.2) is 41.7 Å². The molecule has 2 aliphatic rings. The lowest BCUT2D eigenvalue weighted by molar-refractivity contribution is -0.0403. The van der Waals surface area contributed by atoms with Crippen molar-refractivity contribution in [3.05, 3.63) is 16.1 Å². The smallest absolute Gasteiger partial charge is 0.123 e. The summed E-state index contributed by atoms with van der Waals surface area (Å²) in [5.74, 6) is 0. The number of hydrogen-bond acceptors (Lipinski definition) is 5. The molecule has 19 heavy (non-hydrogen) atoms. The summed E-state index contributed by atoms with van der Waals surface area (Å²) in [4.78, 5) is 7.20. The standard InChI is InChI=1S/C14H23N3OS/c1-10(2)17-5-6-18-13(8-17)14-16-12(9-19-14)7-15-11-3-4-11/h9-11,13,15H,3-8H2,1-2H3. The summed E-state index contributed by atoms with van der Waals surface area (Å²) < 4.78 is 5.88. The van der Waals surface area contributed by atoms with Crippen molar-refractivity contribution in [2.24, 2.45) is 0 Å². The molecule has 0 amide bonds. The Balaban J connectivity index is 1.57. The highest BCUT2D eigenvalue weighted by Gasteiger charge is 2.26. The number of aromatic nitrogens is 1. The van der Waals surface area contributed by atoms with E-state index < -0.39 is 0 Å². The molecule has 1 N–H and O–H groups in total. The van der Waals surface area contributed by atoms with Crippen LogP contribution in [-0.2, 0) is 11.3 Å². The zero-order chi connectivity index (χ0) is 13.2. The number of rotatable bonds is 5. The Hall–Kier alpha value is -0.490. The van der Waals surface area contributed by atoms with Crippen LogP contribution < -0.4 is 5.32 Å². The maximum Gasteiger partial charge on any atom is 0.123 e. The van der Waals surface area contributed by atoms with Crippen molar-refractivity contribution in [3.63, 3.8) is 0 Å². The number of hydrogen-bond donors (Lipinski definition) is 1. The van der Waals surface area contributed by atoms with Crippen LogP contribution in [0, 0.1) is 0 Å². The van der Waals surface area contributed by atoms with Crippen molar-refractivity contribution in [2.45, 2.75) is 51.4 Å². The molecule has 1 aromatic rings. The molecule has 2 heterocycles. The number of nitrogens with one attached hydrogen (secondary N) is 1. The van der Waals surface area contributed by atoms with Crippen molar-refractivity contribution in [3.8, 4) is 0 Å². The molecule has 106 valence electrons. The summed E-state index contributed by atoms with van der Waals surface area (Å²) in [5, 5.41) is 6.82. The molecule has 1 atom stereocenters. The van der Waals surface area contributed by atoms with Gasteiger partial charge in [0, 0.05) is 37.1 Å². The summed E-state index contributed by atoms with van der Waals surface area (Å²) in [6.45, 7) is 8.22. The molecule has 0 bridgehead atoms. The second kappa shape index (κ2) is 5.87. The molecule has 1 saturated carbocycles. The van der Waals surface area contributed by atoms with E-state index >= 15 is 0 Å². The number of morpholine rings is 1. The van der Waals surface area contributed by atoms with Crippen LogP contribution in [0.15, 0.2) is 5.38 Å². The third-order valence-electron chi connectivity index (χ3n) is 3.82. The average molecular weight is 281 g/mol. The first-order chi connectivity index (χ1) is 9.22. The minimum Gasteiger partial charge on any atom is -0.368 e. The molecule has 1 aliphatic heterocycles. The first kappa shape index (κ1) is 13.5. The van der Waals surface area contributed by atoms with E-state index in [4.69, 9.17) is 9.72 Å². The second-order valence-electron chi connectivity index (χ2n) is 5.78. The maximum atomic E-state index is 5.88. The van der Waals surface area contributed by atoms with Crippen LogP contribution in [0.3, 0.4) is 0 Å². The summed E-state index contributed by atoms with van der Waals surface area (Å²) >= 11 is 1.74. The minimum atomic E-state index is 0.163. The van der Waals surface area contributed by atoms with Crippen molar-refractivity contribution in [2.75, 3.05) is 19.7 Å². The minimum absolute atomic E-state index is 0.163. The van der Waals surface area contributed by atoms with Crippen LogP contribution in [0.5, 0.6) is 0 Å². The summed E-state index contributed by atoms with van der Waals surface area (Å²) in [5.41, 5.74) is 1.16. The molecule has 4 nitrogen and oxygen atoms in total. The normalized spacial score (nSPS) is 25.1. The van der Waals surface area contributed by atoms with Gasteiger partial charge >= 0.3 is 0 Å². The first-order valence-corrected chi connectivity index (χ1v) is 8.13. The molecule has 0 aromatic carbocycles. The van der Waals surface area contributed by atoms with Crippen molar-refractivity contribution in [1.82, 2.24) is 15.2 Å². The van der Waals surface area contributed by atoms with Gasteiger partial charge in [0.15, 0.2) is 0 Å². The summed E-state index contributed by atoms with van der Waals surface area (Å²) in [7, 11) is 0. The molecule has 1 unspecified atom stereocenters. The molecule has 0 spiro atoms. The van der Waals surface area contributed by atoms with E-state index in [1.54, 1.807) is 11.3 Å². The largest absolute Gasteiger partial charge is 0.368 e. The molecular weight excluding hydrogens is 258 g/mol. The first-order valence-electron chi connectivity index (χ1n) is 7.25. The van der Waals surface area contributed by atoms with Gasteiger partial charge in [-0.1, -0.05) is 0 Å².